The summed E-state index contributed by atoms with van der Waals surface area (Å²) in [7, 11) is -2.87. The van der Waals surface area contributed by atoms with Crippen LogP contribution in [0.4, 0.5) is 0 Å². The molecule has 0 bridgehead atoms. The van der Waals surface area contributed by atoms with Gasteiger partial charge in [-0.25, -0.2) is 0 Å². The molecule has 0 aliphatic rings. The topological polar surface area (TPSA) is 57.5 Å². The van der Waals surface area contributed by atoms with Gasteiger partial charge in [-0.1, -0.05) is 0 Å². The fourth-order valence-electron chi connectivity index (χ4n) is 0. The van der Waals surface area contributed by atoms with E-state index in [4.69, 9.17) is 14.4 Å². The summed E-state index contributed by atoms with van der Waals surface area (Å²) in [4.78, 5) is 14.2. The first-order valence-corrected chi connectivity index (χ1v) is 1.75. The monoisotopic (exact) mass is 201 g/mol. The summed E-state index contributed by atoms with van der Waals surface area (Å²) in [5.41, 5.74) is 0. The molecule has 0 heterocycles. The first-order valence-electron chi connectivity index (χ1n) is 0.583. The SMILES string of the molecule is O=[P+](O)O.[Ca].[Ca].[Ca]. The van der Waals surface area contributed by atoms with Crippen molar-refractivity contribution >= 4 is 121 Å². The predicted molar refractivity (Wildman–Crippen MR) is 29.3 cm³/mol. The van der Waals surface area contributed by atoms with Gasteiger partial charge in [0.05, 0.1) is 0 Å². The molecule has 0 saturated carbocycles. The molecule has 0 rings (SSSR count). The third-order valence-electron chi connectivity index (χ3n) is 0. The van der Waals surface area contributed by atoms with Gasteiger partial charge in [-0.15, -0.1) is 9.79 Å². The number of hydrogen-bond acceptors (Lipinski definition) is 1. The Balaban J connectivity index is -0.0000000150. The minimum absolute atomic E-state index is 0. The minimum atomic E-state index is -2.87. The second kappa shape index (κ2) is 16.4. The van der Waals surface area contributed by atoms with Gasteiger partial charge in [0.15, 0.2) is 0 Å². The summed E-state index contributed by atoms with van der Waals surface area (Å²) in [6, 6.07) is 0. The largest absolute Gasteiger partial charge is 0.692 e. The molecule has 0 atom stereocenters. The van der Waals surface area contributed by atoms with E-state index >= 15 is 0 Å². The molecular formula is H2Ca3O3P+. The molecular weight excluding hydrogens is 199 g/mol. The van der Waals surface area contributed by atoms with E-state index in [9.17, 15) is 0 Å². The van der Waals surface area contributed by atoms with Gasteiger partial charge in [0.1, 0.15) is 0 Å². The van der Waals surface area contributed by atoms with Crippen LogP contribution >= 0.6 is 8.25 Å². The van der Waals surface area contributed by atoms with E-state index in [1.54, 1.807) is 0 Å². The van der Waals surface area contributed by atoms with Gasteiger partial charge in [0, 0.05) is 118 Å². The van der Waals surface area contributed by atoms with E-state index in [1.807, 2.05) is 0 Å². The Labute approximate surface area is 132 Å². The molecule has 6 radical (unpaired) electrons. The molecule has 2 N–H and O–H groups in total. The van der Waals surface area contributed by atoms with Crippen molar-refractivity contribution in [1.82, 2.24) is 0 Å². The minimum Gasteiger partial charge on any atom is -0.134 e. The maximum atomic E-state index is 8.70. The average Bonchev–Trinajstić information content (AvgIpc) is 0.811. The van der Waals surface area contributed by atoms with Crippen LogP contribution in [-0.4, -0.2) is 123 Å². The van der Waals surface area contributed by atoms with Crippen molar-refractivity contribution in [2.24, 2.45) is 0 Å². The van der Waals surface area contributed by atoms with Gasteiger partial charge in [0.2, 0.25) is 0 Å². The van der Waals surface area contributed by atoms with Crippen LogP contribution in [0.2, 0.25) is 0 Å². The Morgan fingerprint density at radius 3 is 1.00 bits per heavy atom. The Bertz CT molecular complexity index is 33.2. The molecule has 3 nitrogen and oxygen atoms in total. The number of hydrogen-bond donors (Lipinski definition) is 2. The summed E-state index contributed by atoms with van der Waals surface area (Å²) in [6.07, 6.45) is 0. The van der Waals surface area contributed by atoms with Crippen molar-refractivity contribution in [2.45, 2.75) is 0 Å². The van der Waals surface area contributed by atoms with Crippen molar-refractivity contribution in [3.63, 3.8) is 0 Å². The fraction of sp³-hybridized carbons (Fsp3) is 0. The fourth-order valence-corrected chi connectivity index (χ4v) is 0. The van der Waals surface area contributed by atoms with E-state index in [0.717, 1.165) is 0 Å². The van der Waals surface area contributed by atoms with E-state index in [1.165, 1.54) is 0 Å². The van der Waals surface area contributed by atoms with Crippen molar-refractivity contribution < 1.29 is 14.4 Å². The van der Waals surface area contributed by atoms with Crippen LogP contribution in [0, 0.1) is 0 Å². The zero-order chi connectivity index (χ0) is 3.58. The molecule has 7 heteroatoms. The Hall–Kier alpha value is 3.80. The molecule has 0 aliphatic heterocycles. The Kier molecular flexibility index (Phi) is 52.6. The predicted octanol–water partition coefficient (Wildman–Crippen LogP) is -1.51. The zero-order valence-electron chi connectivity index (χ0n) is 3.87. The molecule has 0 aromatic rings. The molecule has 0 saturated heterocycles. The van der Waals surface area contributed by atoms with Crippen molar-refractivity contribution in [3.05, 3.63) is 0 Å². The van der Waals surface area contributed by atoms with Crippen molar-refractivity contribution in [2.75, 3.05) is 0 Å². The van der Waals surface area contributed by atoms with Crippen molar-refractivity contribution in [1.29, 1.82) is 0 Å². The third-order valence-corrected chi connectivity index (χ3v) is 0. The second-order valence-corrected chi connectivity index (χ2v) is 0.758. The summed E-state index contributed by atoms with van der Waals surface area (Å²) >= 11 is 0. The molecule has 0 fully saturated rings. The van der Waals surface area contributed by atoms with E-state index in [0.29, 0.717) is 0 Å². The summed E-state index contributed by atoms with van der Waals surface area (Å²) in [5, 5.41) is 0. The van der Waals surface area contributed by atoms with Crippen LogP contribution in [-0.2, 0) is 4.57 Å². The standard InChI is InChI=1S/3Ca.HO3P/c;;;1-4(2)3/h;;;(H-,1,2,3)/p+1. The van der Waals surface area contributed by atoms with Gasteiger partial charge in [-0.3, -0.25) is 0 Å². The van der Waals surface area contributed by atoms with Crippen LogP contribution < -0.4 is 0 Å². The first-order chi connectivity index (χ1) is 1.73. The summed E-state index contributed by atoms with van der Waals surface area (Å²) < 4.78 is 8.70. The van der Waals surface area contributed by atoms with E-state index < -0.39 is 8.25 Å². The van der Waals surface area contributed by atoms with Crippen molar-refractivity contribution in [3.8, 4) is 0 Å². The molecule has 0 aromatic heterocycles. The van der Waals surface area contributed by atoms with Gasteiger partial charge in [-0.2, -0.15) is 0 Å². The average molecular weight is 201 g/mol. The summed E-state index contributed by atoms with van der Waals surface area (Å²) in [5.74, 6) is 0. The first kappa shape index (κ1) is 22.4. The van der Waals surface area contributed by atoms with Crippen LogP contribution in [0.3, 0.4) is 0 Å². The molecule has 0 aromatic carbocycles. The van der Waals surface area contributed by atoms with Crippen LogP contribution in [0.5, 0.6) is 0 Å². The molecule has 0 spiro atoms. The molecule has 0 aliphatic carbocycles. The van der Waals surface area contributed by atoms with E-state index in [-0.39, 0.29) is 113 Å². The molecule has 0 unspecified atom stereocenters. The Morgan fingerprint density at radius 2 is 1.00 bits per heavy atom. The third kappa shape index (κ3) is 41.3. The quantitative estimate of drug-likeness (QED) is 0.370. The molecule has 30 valence electrons. The normalized spacial score (nSPS) is 3.71. The van der Waals surface area contributed by atoms with Gasteiger partial charge in [-0.05, 0) is 0 Å². The van der Waals surface area contributed by atoms with Gasteiger partial charge < -0.3 is 0 Å². The van der Waals surface area contributed by atoms with Crippen LogP contribution in [0.25, 0.3) is 0 Å². The molecule has 7 heavy (non-hydrogen) atoms. The van der Waals surface area contributed by atoms with E-state index in [2.05, 4.69) is 0 Å². The molecule has 0 amide bonds. The van der Waals surface area contributed by atoms with Crippen LogP contribution in [0.15, 0.2) is 0 Å². The summed E-state index contributed by atoms with van der Waals surface area (Å²) in [6.45, 7) is 0. The van der Waals surface area contributed by atoms with Gasteiger partial charge >= 0.3 is 8.25 Å². The Morgan fingerprint density at radius 1 is 1.00 bits per heavy atom. The van der Waals surface area contributed by atoms with Gasteiger partial charge in [0.25, 0.3) is 0 Å². The second-order valence-electron chi connectivity index (χ2n) is 0.253. The van der Waals surface area contributed by atoms with Crippen LogP contribution in [0.1, 0.15) is 0 Å². The smallest absolute Gasteiger partial charge is 0.134 e. The maximum absolute atomic E-state index is 8.70. The maximum Gasteiger partial charge on any atom is 0.692 e. The zero-order valence-corrected chi connectivity index (χ0v) is 11.4. The number of rotatable bonds is 0.